The van der Waals surface area contributed by atoms with Crippen LogP contribution in [-0.4, -0.2) is 37.5 Å². The summed E-state index contributed by atoms with van der Waals surface area (Å²) in [6.07, 6.45) is 3.13. The van der Waals surface area contributed by atoms with E-state index in [1.807, 2.05) is 62.4 Å². The average Bonchev–Trinajstić information content (AvgIpc) is 2.84. The van der Waals surface area contributed by atoms with Gasteiger partial charge in [-0.05, 0) is 49.2 Å². The molecule has 0 bridgehead atoms. The fraction of sp³-hybridized carbons (Fsp3) is 0.154. The minimum absolute atomic E-state index is 0.188. The Morgan fingerprint density at radius 3 is 1.35 bits per heavy atom. The first-order valence-electron chi connectivity index (χ1n) is 10.6. The Kier molecular flexibility index (Phi) is 8.92. The number of rotatable bonds is 10. The molecule has 0 aliphatic rings. The Bertz CT molecular complexity index is 1050. The number of hydrogen-bond donors (Lipinski definition) is 2. The van der Waals surface area contributed by atoms with E-state index in [9.17, 15) is 9.59 Å². The molecular formula is C26H26N4O4. The van der Waals surface area contributed by atoms with Gasteiger partial charge in [0.15, 0.2) is 13.2 Å². The number of aryl methyl sites for hydroxylation is 2. The highest BCUT2D eigenvalue weighted by molar-refractivity contribution is 5.83. The fourth-order valence-electron chi connectivity index (χ4n) is 2.66. The lowest BCUT2D eigenvalue weighted by atomic mass is 10.2. The number of amides is 2. The van der Waals surface area contributed by atoms with Crippen molar-refractivity contribution < 1.29 is 19.1 Å². The van der Waals surface area contributed by atoms with E-state index in [-0.39, 0.29) is 25.0 Å². The molecule has 3 rings (SSSR count). The van der Waals surface area contributed by atoms with Gasteiger partial charge in [-0.2, -0.15) is 10.2 Å². The van der Waals surface area contributed by atoms with Crippen molar-refractivity contribution in [1.29, 1.82) is 0 Å². The summed E-state index contributed by atoms with van der Waals surface area (Å²) >= 11 is 0. The van der Waals surface area contributed by atoms with Gasteiger partial charge in [-0.15, -0.1) is 0 Å². The Morgan fingerprint density at radius 2 is 1.00 bits per heavy atom. The van der Waals surface area contributed by atoms with Crippen molar-refractivity contribution in [3.8, 4) is 11.5 Å². The topological polar surface area (TPSA) is 101 Å². The minimum Gasteiger partial charge on any atom is -0.484 e. The van der Waals surface area contributed by atoms with Crippen LogP contribution in [0.3, 0.4) is 0 Å². The SMILES string of the molecule is Cc1ccc(/C=N/NC(=O)COc2ccc(OCC(=O)N/N=C/c3ccc(C)cc3)cc2)cc1. The molecule has 0 aromatic heterocycles. The second kappa shape index (κ2) is 12.5. The van der Waals surface area contributed by atoms with Gasteiger partial charge < -0.3 is 9.47 Å². The molecule has 0 spiro atoms. The lowest BCUT2D eigenvalue weighted by Crippen LogP contribution is -2.25. The van der Waals surface area contributed by atoms with E-state index < -0.39 is 0 Å². The molecule has 0 aliphatic carbocycles. The van der Waals surface area contributed by atoms with E-state index in [1.54, 1.807) is 36.7 Å². The van der Waals surface area contributed by atoms with Gasteiger partial charge in [-0.25, -0.2) is 10.9 Å². The maximum absolute atomic E-state index is 11.9. The number of nitrogens with zero attached hydrogens (tertiary/aromatic N) is 2. The molecule has 2 N–H and O–H groups in total. The van der Waals surface area contributed by atoms with Crippen LogP contribution in [0, 0.1) is 13.8 Å². The summed E-state index contributed by atoms with van der Waals surface area (Å²) in [5.74, 6) is 0.201. The number of hydrazone groups is 2. The van der Waals surface area contributed by atoms with E-state index in [0.717, 1.165) is 22.3 Å². The largest absolute Gasteiger partial charge is 0.484 e. The molecule has 3 aromatic carbocycles. The zero-order valence-electron chi connectivity index (χ0n) is 19.0. The number of carbonyl (C=O) groups is 2. The van der Waals surface area contributed by atoms with Crippen molar-refractivity contribution in [3.05, 3.63) is 95.1 Å². The monoisotopic (exact) mass is 458 g/mol. The van der Waals surface area contributed by atoms with Crippen LogP contribution >= 0.6 is 0 Å². The van der Waals surface area contributed by atoms with Crippen LogP contribution in [0.15, 0.2) is 83.0 Å². The summed E-state index contributed by atoms with van der Waals surface area (Å²) in [5.41, 5.74) is 8.90. The standard InChI is InChI=1S/C26H26N4O4/c1-19-3-7-21(8-4-19)15-27-29-25(31)17-33-23-11-13-24(14-12-23)34-18-26(32)30-28-16-22-9-5-20(2)6-10-22/h3-16H,17-18H2,1-2H3,(H,29,31)(H,30,32)/b27-15+,28-16+. The van der Waals surface area contributed by atoms with Crippen LogP contribution in [0.5, 0.6) is 11.5 Å². The highest BCUT2D eigenvalue weighted by Gasteiger charge is 2.04. The third-order valence-electron chi connectivity index (χ3n) is 4.52. The summed E-state index contributed by atoms with van der Waals surface area (Å²) in [5, 5.41) is 7.82. The quantitative estimate of drug-likeness (QED) is 0.359. The van der Waals surface area contributed by atoms with Crippen LogP contribution in [0.1, 0.15) is 22.3 Å². The number of benzene rings is 3. The van der Waals surface area contributed by atoms with E-state index in [1.165, 1.54) is 0 Å². The highest BCUT2D eigenvalue weighted by Crippen LogP contribution is 2.17. The van der Waals surface area contributed by atoms with Gasteiger partial charge in [0.1, 0.15) is 11.5 Å². The highest BCUT2D eigenvalue weighted by atomic mass is 16.5. The molecule has 0 saturated heterocycles. The van der Waals surface area contributed by atoms with Gasteiger partial charge >= 0.3 is 0 Å². The number of nitrogens with one attached hydrogen (secondary N) is 2. The third-order valence-corrected chi connectivity index (χ3v) is 4.52. The van der Waals surface area contributed by atoms with Crippen molar-refractivity contribution in [2.24, 2.45) is 10.2 Å². The summed E-state index contributed by atoms with van der Waals surface area (Å²) in [7, 11) is 0. The molecule has 3 aromatic rings. The predicted octanol–water partition coefficient (Wildman–Crippen LogP) is 3.36. The van der Waals surface area contributed by atoms with Crippen LogP contribution in [0.4, 0.5) is 0 Å². The summed E-state index contributed by atoms with van der Waals surface area (Å²) in [6, 6.07) is 22.1. The summed E-state index contributed by atoms with van der Waals surface area (Å²) in [6.45, 7) is 3.62. The molecule has 0 aliphatic heterocycles. The molecule has 0 saturated carbocycles. The first-order chi connectivity index (χ1) is 16.5. The van der Waals surface area contributed by atoms with Crippen molar-refractivity contribution in [1.82, 2.24) is 10.9 Å². The maximum Gasteiger partial charge on any atom is 0.277 e. The lowest BCUT2D eigenvalue weighted by molar-refractivity contribution is -0.123. The van der Waals surface area contributed by atoms with Crippen LogP contribution < -0.4 is 20.3 Å². The molecule has 0 atom stereocenters. The van der Waals surface area contributed by atoms with Crippen molar-refractivity contribution in [2.75, 3.05) is 13.2 Å². The number of ether oxygens (including phenoxy) is 2. The van der Waals surface area contributed by atoms with E-state index in [4.69, 9.17) is 9.47 Å². The van der Waals surface area contributed by atoms with Gasteiger partial charge in [0.05, 0.1) is 12.4 Å². The molecule has 8 nitrogen and oxygen atoms in total. The molecule has 34 heavy (non-hydrogen) atoms. The number of carbonyl (C=O) groups excluding carboxylic acids is 2. The van der Waals surface area contributed by atoms with Gasteiger partial charge in [-0.1, -0.05) is 59.7 Å². The lowest BCUT2D eigenvalue weighted by Gasteiger charge is -2.07. The predicted molar refractivity (Wildman–Crippen MR) is 131 cm³/mol. The van der Waals surface area contributed by atoms with E-state index in [0.29, 0.717) is 11.5 Å². The van der Waals surface area contributed by atoms with Gasteiger partial charge in [0.25, 0.3) is 11.8 Å². The van der Waals surface area contributed by atoms with Crippen molar-refractivity contribution in [2.45, 2.75) is 13.8 Å². The Morgan fingerprint density at radius 1 is 0.647 bits per heavy atom. The van der Waals surface area contributed by atoms with Crippen LogP contribution in [-0.2, 0) is 9.59 Å². The molecule has 0 radical (unpaired) electrons. The molecule has 174 valence electrons. The zero-order chi connectivity index (χ0) is 24.2. The van der Waals surface area contributed by atoms with Crippen LogP contribution in [0.2, 0.25) is 0 Å². The average molecular weight is 459 g/mol. The summed E-state index contributed by atoms with van der Waals surface area (Å²) in [4.78, 5) is 23.7. The smallest absolute Gasteiger partial charge is 0.277 e. The Hall–Kier alpha value is -4.46. The van der Waals surface area contributed by atoms with Gasteiger partial charge in [-0.3, -0.25) is 9.59 Å². The Balaban J connectivity index is 1.34. The Labute approximate surface area is 198 Å². The molecule has 8 heteroatoms. The zero-order valence-corrected chi connectivity index (χ0v) is 19.0. The normalized spacial score (nSPS) is 10.9. The van der Waals surface area contributed by atoms with Gasteiger partial charge in [0.2, 0.25) is 0 Å². The minimum atomic E-state index is -0.383. The van der Waals surface area contributed by atoms with E-state index in [2.05, 4.69) is 21.1 Å². The molecule has 0 heterocycles. The second-order valence-electron chi connectivity index (χ2n) is 7.46. The van der Waals surface area contributed by atoms with Gasteiger partial charge in [0, 0.05) is 0 Å². The number of hydrogen-bond acceptors (Lipinski definition) is 6. The maximum atomic E-state index is 11.9. The van der Waals surface area contributed by atoms with Crippen LogP contribution in [0.25, 0.3) is 0 Å². The van der Waals surface area contributed by atoms with Crippen molar-refractivity contribution in [3.63, 3.8) is 0 Å². The molecule has 0 unspecified atom stereocenters. The van der Waals surface area contributed by atoms with E-state index >= 15 is 0 Å². The first kappa shape index (κ1) is 24.2. The third kappa shape index (κ3) is 8.58. The molecule has 2 amide bonds. The molecular weight excluding hydrogens is 432 g/mol. The fourth-order valence-corrected chi connectivity index (χ4v) is 2.66. The first-order valence-corrected chi connectivity index (χ1v) is 10.6. The summed E-state index contributed by atoms with van der Waals surface area (Å²) < 4.78 is 10.9. The van der Waals surface area contributed by atoms with Crippen molar-refractivity contribution >= 4 is 24.2 Å². The second-order valence-corrected chi connectivity index (χ2v) is 7.46. The molecule has 0 fully saturated rings.